The van der Waals surface area contributed by atoms with Crippen LogP contribution in [0.1, 0.15) is 12.5 Å². The largest absolute Gasteiger partial charge is 0.397 e. The summed E-state index contributed by atoms with van der Waals surface area (Å²) >= 11 is 0. The van der Waals surface area contributed by atoms with Crippen molar-refractivity contribution in [3.8, 4) is 0 Å². The number of para-hydroxylation sites is 2. The molecule has 1 aromatic carbocycles. The van der Waals surface area contributed by atoms with E-state index in [0.29, 0.717) is 0 Å². The Kier molecular flexibility index (Phi) is 3.05. The van der Waals surface area contributed by atoms with Crippen LogP contribution in [0.5, 0.6) is 0 Å². The van der Waals surface area contributed by atoms with Gasteiger partial charge in [-0.05, 0) is 30.2 Å². The smallest absolute Gasteiger partial charge is 0.130 e. The molecule has 3 heteroatoms. The first-order valence-electron chi connectivity index (χ1n) is 5.36. The Morgan fingerprint density at radius 2 is 2.00 bits per heavy atom. The molecule has 3 nitrogen and oxygen atoms in total. The maximum Gasteiger partial charge on any atom is 0.130 e. The molecule has 0 aliphatic heterocycles. The first-order valence-corrected chi connectivity index (χ1v) is 5.36. The van der Waals surface area contributed by atoms with Gasteiger partial charge >= 0.3 is 0 Å². The predicted octanol–water partition coefficient (Wildman–Crippen LogP) is 2.97. The van der Waals surface area contributed by atoms with Crippen LogP contribution in [0, 0.1) is 0 Å². The van der Waals surface area contributed by atoms with Gasteiger partial charge in [-0.25, -0.2) is 4.98 Å². The Hall–Kier alpha value is -2.03. The second-order valence-corrected chi connectivity index (χ2v) is 3.62. The van der Waals surface area contributed by atoms with Gasteiger partial charge in [0, 0.05) is 6.20 Å². The van der Waals surface area contributed by atoms with E-state index in [9.17, 15) is 0 Å². The average Bonchev–Trinajstić information content (AvgIpc) is 2.33. The van der Waals surface area contributed by atoms with E-state index in [1.54, 1.807) is 0 Å². The molecule has 0 atom stereocenters. The number of nitrogens with zero attached hydrogens (tertiary/aromatic N) is 1. The summed E-state index contributed by atoms with van der Waals surface area (Å²) in [6.07, 6.45) is 2.88. The molecule has 0 amide bonds. The molecular formula is C13H15N3. The lowest BCUT2D eigenvalue weighted by Gasteiger charge is -2.08. The Morgan fingerprint density at radius 3 is 2.62 bits per heavy atom. The summed E-state index contributed by atoms with van der Waals surface area (Å²) in [5.74, 6) is 0.815. The van der Waals surface area contributed by atoms with Crippen LogP contribution in [0.25, 0.3) is 0 Å². The Labute approximate surface area is 95.3 Å². The highest BCUT2D eigenvalue weighted by atomic mass is 15.0. The molecular weight excluding hydrogens is 198 g/mol. The number of hydrogen-bond donors (Lipinski definition) is 2. The molecule has 0 bridgehead atoms. The quantitative estimate of drug-likeness (QED) is 0.771. The molecule has 0 spiro atoms. The highest BCUT2D eigenvalue weighted by Gasteiger charge is 1.99. The minimum absolute atomic E-state index is 0.726. The van der Waals surface area contributed by atoms with E-state index < -0.39 is 0 Å². The normalized spacial score (nSPS) is 10.1. The van der Waals surface area contributed by atoms with Crippen LogP contribution in [0.15, 0.2) is 42.6 Å². The Balaban J connectivity index is 2.18. The van der Waals surface area contributed by atoms with Gasteiger partial charge in [0.25, 0.3) is 0 Å². The topological polar surface area (TPSA) is 50.9 Å². The Bertz CT molecular complexity index is 463. The molecule has 82 valence electrons. The third-order valence-electron chi connectivity index (χ3n) is 2.46. The molecule has 3 N–H and O–H groups in total. The fraction of sp³-hybridized carbons (Fsp3) is 0.154. The highest BCUT2D eigenvalue weighted by molar-refractivity contribution is 5.70. The molecule has 0 radical (unpaired) electrons. The van der Waals surface area contributed by atoms with Crippen LogP contribution >= 0.6 is 0 Å². The zero-order valence-corrected chi connectivity index (χ0v) is 9.27. The van der Waals surface area contributed by atoms with E-state index in [1.165, 1.54) is 5.56 Å². The van der Waals surface area contributed by atoms with Crippen molar-refractivity contribution in [2.45, 2.75) is 13.3 Å². The lowest BCUT2D eigenvalue weighted by molar-refractivity contribution is 1.10. The van der Waals surface area contributed by atoms with Crippen molar-refractivity contribution in [3.63, 3.8) is 0 Å². The van der Waals surface area contributed by atoms with Gasteiger partial charge < -0.3 is 11.1 Å². The SMILES string of the molecule is CCc1ccc(Nc2ccccc2N)nc1. The van der Waals surface area contributed by atoms with Crippen molar-refractivity contribution in [2.24, 2.45) is 0 Å². The van der Waals surface area contributed by atoms with Gasteiger partial charge in [0.1, 0.15) is 5.82 Å². The van der Waals surface area contributed by atoms with Gasteiger partial charge in [-0.1, -0.05) is 25.1 Å². The molecule has 1 aromatic heterocycles. The molecule has 0 aliphatic rings. The van der Waals surface area contributed by atoms with Gasteiger partial charge in [0.15, 0.2) is 0 Å². The number of aromatic nitrogens is 1. The third kappa shape index (κ3) is 2.31. The van der Waals surface area contributed by atoms with E-state index in [-0.39, 0.29) is 0 Å². The van der Waals surface area contributed by atoms with Crippen molar-refractivity contribution < 1.29 is 0 Å². The lowest BCUT2D eigenvalue weighted by Crippen LogP contribution is -1.97. The average molecular weight is 213 g/mol. The summed E-state index contributed by atoms with van der Waals surface area (Å²) in [6, 6.07) is 11.7. The van der Waals surface area contributed by atoms with E-state index in [0.717, 1.165) is 23.6 Å². The van der Waals surface area contributed by atoms with Crippen molar-refractivity contribution in [1.82, 2.24) is 4.98 Å². The van der Waals surface area contributed by atoms with Gasteiger partial charge in [-0.15, -0.1) is 0 Å². The van der Waals surface area contributed by atoms with E-state index in [1.807, 2.05) is 36.5 Å². The molecule has 1 heterocycles. The molecule has 0 fully saturated rings. The number of nitrogen functional groups attached to an aromatic ring is 1. The summed E-state index contributed by atoms with van der Waals surface area (Å²) in [5, 5.41) is 3.19. The van der Waals surface area contributed by atoms with Crippen molar-refractivity contribution in [1.29, 1.82) is 0 Å². The maximum atomic E-state index is 5.83. The Morgan fingerprint density at radius 1 is 1.19 bits per heavy atom. The molecule has 0 aliphatic carbocycles. The highest BCUT2D eigenvalue weighted by Crippen LogP contribution is 2.21. The molecule has 0 saturated carbocycles. The zero-order chi connectivity index (χ0) is 11.4. The summed E-state index contributed by atoms with van der Waals surface area (Å²) in [7, 11) is 0. The molecule has 0 saturated heterocycles. The lowest BCUT2D eigenvalue weighted by atomic mass is 10.2. The number of nitrogens with two attached hydrogens (primary N) is 1. The zero-order valence-electron chi connectivity index (χ0n) is 9.27. The number of nitrogens with one attached hydrogen (secondary N) is 1. The van der Waals surface area contributed by atoms with Crippen LogP contribution in [-0.4, -0.2) is 4.98 Å². The van der Waals surface area contributed by atoms with Crippen LogP contribution in [0.2, 0.25) is 0 Å². The van der Waals surface area contributed by atoms with Crippen LogP contribution < -0.4 is 11.1 Å². The third-order valence-corrected chi connectivity index (χ3v) is 2.46. The summed E-state index contributed by atoms with van der Waals surface area (Å²) in [6.45, 7) is 2.11. The predicted molar refractivity (Wildman–Crippen MR) is 67.8 cm³/mol. The van der Waals surface area contributed by atoms with Crippen molar-refractivity contribution >= 4 is 17.2 Å². The van der Waals surface area contributed by atoms with Crippen molar-refractivity contribution in [3.05, 3.63) is 48.2 Å². The van der Waals surface area contributed by atoms with Crippen molar-refractivity contribution in [2.75, 3.05) is 11.1 Å². The van der Waals surface area contributed by atoms with Gasteiger partial charge in [0.2, 0.25) is 0 Å². The first-order chi connectivity index (χ1) is 7.79. The number of hydrogen-bond acceptors (Lipinski definition) is 3. The minimum Gasteiger partial charge on any atom is -0.397 e. The molecule has 0 unspecified atom stereocenters. The summed E-state index contributed by atoms with van der Waals surface area (Å²) in [5.41, 5.74) is 8.68. The number of rotatable bonds is 3. The second kappa shape index (κ2) is 4.66. The van der Waals surface area contributed by atoms with E-state index in [4.69, 9.17) is 5.73 Å². The number of benzene rings is 1. The number of aryl methyl sites for hydroxylation is 1. The minimum atomic E-state index is 0.726. The van der Waals surface area contributed by atoms with E-state index in [2.05, 4.69) is 23.3 Å². The summed E-state index contributed by atoms with van der Waals surface area (Å²) < 4.78 is 0. The fourth-order valence-corrected chi connectivity index (χ4v) is 1.46. The van der Waals surface area contributed by atoms with E-state index >= 15 is 0 Å². The van der Waals surface area contributed by atoms with Crippen LogP contribution in [-0.2, 0) is 6.42 Å². The molecule has 2 aromatic rings. The van der Waals surface area contributed by atoms with Gasteiger partial charge in [-0.2, -0.15) is 0 Å². The number of anilines is 3. The van der Waals surface area contributed by atoms with Gasteiger partial charge in [0.05, 0.1) is 11.4 Å². The first kappa shape index (κ1) is 10.5. The fourth-order valence-electron chi connectivity index (χ4n) is 1.46. The van der Waals surface area contributed by atoms with Crippen LogP contribution in [0.3, 0.4) is 0 Å². The molecule has 2 rings (SSSR count). The second-order valence-electron chi connectivity index (χ2n) is 3.62. The van der Waals surface area contributed by atoms with Crippen LogP contribution in [0.4, 0.5) is 17.2 Å². The monoisotopic (exact) mass is 213 g/mol. The van der Waals surface area contributed by atoms with Gasteiger partial charge in [-0.3, -0.25) is 0 Å². The molecule has 16 heavy (non-hydrogen) atoms. The summed E-state index contributed by atoms with van der Waals surface area (Å²) in [4.78, 5) is 4.32. The maximum absolute atomic E-state index is 5.83. The number of pyridine rings is 1. The standard InChI is InChI=1S/C13H15N3/c1-2-10-7-8-13(15-9-10)16-12-6-4-3-5-11(12)14/h3-9H,2,14H2,1H3,(H,15,16).